The van der Waals surface area contributed by atoms with E-state index in [4.69, 9.17) is 0 Å². The summed E-state index contributed by atoms with van der Waals surface area (Å²) < 4.78 is 24.0. The molecule has 0 aromatic heterocycles. The van der Waals surface area contributed by atoms with Gasteiger partial charge in [0.2, 0.25) is 0 Å². The van der Waals surface area contributed by atoms with Crippen molar-refractivity contribution in [2.24, 2.45) is 0 Å². The second kappa shape index (κ2) is 5.53. The summed E-state index contributed by atoms with van der Waals surface area (Å²) >= 11 is 3.57. The minimum absolute atomic E-state index is 0.0372. The molecule has 4 heteroatoms. The third kappa shape index (κ3) is 3.32. The molecule has 1 aromatic carbocycles. The van der Waals surface area contributed by atoms with E-state index in [0.717, 1.165) is 25.7 Å². The first kappa shape index (κ1) is 13.1. The van der Waals surface area contributed by atoms with Gasteiger partial charge >= 0.3 is 0 Å². The second-order valence-electron chi connectivity index (χ2n) is 4.61. The average Bonchev–Trinajstić information content (AvgIpc) is 2.29. The van der Waals surface area contributed by atoms with Gasteiger partial charge in [0.1, 0.15) is 0 Å². The molecule has 0 bridgehead atoms. The Bertz CT molecular complexity index is 456. The summed E-state index contributed by atoms with van der Waals surface area (Å²) in [4.78, 5) is 0.0372. The first-order valence-corrected chi connectivity index (χ1v) is 8.62. The van der Waals surface area contributed by atoms with Crippen molar-refractivity contribution in [2.45, 2.75) is 35.8 Å². The number of benzene rings is 1. The van der Waals surface area contributed by atoms with Crippen LogP contribution in [0.15, 0.2) is 30.3 Å². The lowest BCUT2D eigenvalue weighted by Crippen LogP contribution is -2.36. The van der Waals surface area contributed by atoms with E-state index in [1.807, 2.05) is 30.3 Å². The van der Waals surface area contributed by atoms with Crippen molar-refractivity contribution in [3.05, 3.63) is 35.9 Å². The molecule has 1 fully saturated rings. The van der Waals surface area contributed by atoms with Crippen LogP contribution in [0.1, 0.15) is 24.8 Å². The van der Waals surface area contributed by atoms with Crippen LogP contribution in [0.25, 0.3) is 0 Å². The van der Waals surface area contributed by atoms with Crippen molar-refractivity contribution in [2.75, 3.05) is 5.75 Å². The molecule has 17 heavy (non-hydrogen) atoms. The molecular formula is C13H17BrO2S. The number of halogens is 1. The topological polar surface area (TPSA) is 34.1 Å². The molecule has 1 saturated heterocycles. The van der Waals surface area contributed by atoms with Crippen LogP contribution < -0.4 is 0 Å². The molecule has 2 atom stereocenters. The maximum Gasteiger partial charge on any atom is 0.154 e. The summed E-state index contributed by atoms with van der Waals surface area (Å²) in [5, 5.41) is -0.212. The van der Waals surface area contributed by atoms with E-state index in [0.29, 0.717) is 5.75 Å². The maximum atomic E-state index is 12.0. The standard InChI is InChI=1S/C13H17BrO2S/c14-12(10-11-6-2-1-3-7-11)13-8-4-5-9-17(13,15)16/h1-3,6-7,12-13H,4-5,8-10H2. The third-order valence-corrected chi connectivity index (χ3v) is 6.96. The van der Waals surface area contributed by atoms with Gasteiger partial charge in [0.15, 0.2) is 9.84 Å². The van der Waals surface area contributed by atoms with Crippen LogP contribution in [0.5, 0.6) is 0 Å². The zero-order valence-corrected chi connectivity index (χ0v) is 12.1. The Morgan fingerprint density at radius 2 is 1.94 bits per heavy atom. The van der Waals surface area contributed by atoms with Gasteiger partial charge in [-0.25, -0.2) is 8.42 Å². The van der Waals surface area contributed by atoms with Crippen molar-refractivity contribution in [3.8, 4) is 0 Å². The van der Waals surface area contributed by atoms with Crippen molar-refractivity contribution < 1.29 is 8.42 Å². The quantitative estimate of drug-likeness (QED) is 0.803. The van der Waals surface area contributed by atoms with Crippen LogP contribution in [0.4, 0.5) is 0 Å². The fourth-order valence-corrected chi connectivity index (χ4v) is 5.96. The molecule has 2 unspecified atom stereocenters. The number of rotatable bonds is 3. The minimum Gasteiger partial charge on any atom is -0.229 e. The van der Waals surface area contributed by atoms with Crippen LogP contribution in [0, 0.1) is 0 Å². The number of hydrogen-bond donors (Lipinski definition) is 0. The van der Waals surface area contributed by atoms with Gasteiger partial charge in [-0.05, 0) is 24.8 Å². The minimum atomic E-state index is -2.89. The van der Waals surface area contributed by atoms with Crippen molar-refractivity contribution in [1.29, 1.82) is 0 Å². The zero-order valence-electron chi connectivity index (χ0n) is 9.68. The van der Waals surface area contributed by atoms with E-state index < -0.39 is 9.84 Å². The summed E-state index contributed by atoms with van der Waals surface area (Å²) in [5.41, 5.74) is 1.19. The lowest BCUT2D eigenvalue weighted by Gasteiger charge is -2.26. The second-order valence-corrected chi connectivity index (χ2v) is 8.12. The highest BCUT2D eigenvalue weighted by Crippen LogP contribution is 2.28. The smallest absolute Gasteiger partial charge is 0.154 e. The van der Waals surface area contributed by atoms with Crippen LogP contribution in [-0.2, 0) is 16.3 Å². The van der Waals surface area contributed by atoms with Gasteiger partial charge in [0, 0.05) is 4.83 Å². The predicted octanol–water partition coefficient (Wildman–Crippen LogP) is 2.96. The van der Waals surface area contributed by atoms with E-state index in [1.54, 1.807) is 0 Å². The van der Waals surface area contributed by atoms with Crippen LogP contribution in [0.3, 0.4) is 0 Å². The van der Waals surface area contributed by atoms with Crippen LogP contribution in [-0.4, -0.2) is 24.2 Å². The number of hydrogen-bond acceptors (Lipinski definition) is 2. The Morgan fingerprint density at radius 1 is 1.24 bits per heavy atom. The molecule has 0 amide bonds. The normalized spacial score (nSPS) is 25.4. The van der Waals surface area contributed by atoms with Crippen molar-refractivity contribution in [3.63, 3.8) is 0 Å². The summed E-state index contributed by atoms with van der Waals surface area (Å²) in [7, 11) is -2.89. The highest BCUT2D eigenvalue weighted by molar-refractivity contribution is 9.09. The SMILES string of the molecule is O=S1(=O)CCCCC1C(Br)Cc1ccccc1. The van der Waals surface area contributed by atoms with Gasteiger partial charge in [-0.2, -0.15) is 0 Å². The Morgan fingerprint density at radius 3 is 2.59 bits per heavy atom. The van der Waals surface area contributed by atoms with E-state index in [2.05, 4.69) is 15.9 Å². The fourth-order valence-electron chi connectivity index (χ4n) is 2.36. The van der Waals surface area contributed by atoms with Gasteiger partial charge < -0.3 is 0 Å². The molecule has 0 aliphatic carbocycles. The molecule has 1 aliphatic heterocycles. The predicted molar refractivity (Wildman–Crippen MR) is 74.3 cm³/mol. The molecule has 0 saturated carbocycles. The van der Waals surface area contributed by atoms with Gasteiger partial charge in [-0.1, -0.05) is 52.7 Å². The van der Waals surface area contributed by atoms with Crippen LogP contribution in [0.2, 0.25) is 0 Å². The molecule has 0 spiro atoms. The molecule has 0 radical (unpaired) electrons. The lowest BCUT2D eigenvalue weighted by atomic mass is 10.0. The van der Waals surface area contributed by atoms with Gasteiger partial charge in [0.25, 0.3) is 0 Å². The molecule has 1 heterocycles. The van der Waals surface area contributed by atoms with E-state index in [9.17, 15) is 8.42 Å². The fraction of sp³-hybridized carbons (Fsp3) is 0.538. The van der Waals surface area contributed by atoms with Crippen LogP contribution >= 0.6 is 15.9 Å². The van der Waals surface area contributed by atoms with Crippen molar-refractivity contribution >= 4 is 25.8 Å². The molecule has 1 aliphatic rings. The highest BCUT2D eigenvalue weighted by atomic mass is 79.9. The highest BCUT2D eigenvalue weighted by Gasteiger charge is 2.34. The maximum absolute atomic E-state index is 12.0. The number of sulfone groups is 1. The monoisotopic (exact) mass is 316 g/mol. The summed E-state index contributed by atoms with van der Waals surface area (Å²) in [6.07, 6.45) is 3.43. The Hall–Kier alpha value is -0.350. The van der Waals surface area contributed by atoms with Crippen molar-refractivity contribution in [1.82, 2.24) is 0 Å². The average molecular weight is 317 g/mol. The van der Waals surface area contributed by atoms with E-state index in [1.165, 1.54) is 5.56 Å². The number of alkyl halides is 1. The largest absolute Gasteiger partial charge is 0.229 e. The molecular weight excluding hydrogens is 300 g/mol. The molecule has 2 nitrogen and oxygen atoms in total. The first-order chi connectivity index (χ1) is 8.09. The molecule has 0 N–H and O–H groups in total. The Balaban J connectivity index is 2.07. The van der Waals surface area contributed by atoms with Gasteiger partial charge in [-0.15, -0.1) is 0 Å². The van der Waals surface area contributed by atoms with Gasteiger partial charge in [0.05, 0.1) is 11.0 Å². The Labute approximate surface area is 111 Å². The summed E-state index contributed by atoms with van der Waals surface area (Å²) in [6, 6.07) is 10.0. The molecule has 94 valence electrons. The zero-order chi connectivity index (χ0) is 12.3. The summed E-state index contributed by atoms with van der Waals surface area (Å²) in [6.45, 7) is 0. The molecule has 1 aromatic rings. The lowest BCUT2D eigenvalue weighted by molar-refractivity contribution is 0.533. The van der Waals surface area contributed by atoms with Gasteiger partial charge in [-0.3, -0.25) is 0 Å². The Kier molecular flexibility index (Phi) is 4.26. The van der Waals surface area contributed by atoms with E-state index >= 15 is 0 Å². The summed E-state index contributed by atoms with van der Waals surface area (Å²) in [5.74, 6) is 0.356. The molecule has 2 rings (SSSR count). The first-order valence-electron chi connectivity index (χ1n) is 5.99. The third-order valence-electron chi connectivity index (χ3n) is 3.31. The van der Waals surface area contributed by atoms with E-state index in [-0.39, 0.29) is 10.1 Å².